The van der Waals surface area contributed by atoms with Crippen molar-refractivity contribution >= 4 is 27.8 Å². The second-order valence-corrected chi connectivity index (χ2v) is 8.44. The van der Waals surface area contributed by atoms with Gasteiger partial charge in [-0.05, 0) is 29.8 Å². The quantitative estimate of drug-likeness (QED) is 0.358. The number of benzene rings is 3. The number of hydrogen-bond acceptors (Lipinski definition) is 7. The molecule has 0 atom stereocenters. The van der Waals surface area contributed by atoms with Gasteiger partial charge in [0.15, 0.2) is 5.65 Å². The SMILES string of the molecule is COc1cc(F)cc(-c2nn(Cc3oc4ccccc4c(=O)c3-c3ccccc3)c3ncnc(N)c23)c1. The normalized spacial score (nSPS) is 11.3. The number of nitrogens with zero attached hydrogens (tertiary/aromatic N) is 4. The number of fused-ring (bicyclic) bond motifs is 2. The molecule has 0 bridgehead atoms. The lowest BCUT2D eigenvalue weighted by molar-refractivity contribution is 0.411. The highest BCUT2D eigenvalue weighted by atomic mass is 19.1. The Balaban J connectivity index is 1.59. The molecule has 0 spiro atoms. The van der Waals surface area contributed by atoms with E-state index in [0.29, 0.717) is 50.3 Å². The average Bonchev–Trinajstić information content (AvgIpc) is 3.28. The summed E-state index contributed by atoms with van der Waals surface area (Å²) in [6.07, 6.45) is 1.33. The van der Waals surface area contributed by atoms with Crippen molar-refractivity contribution in [3.05, 3.63) is 101 Å². The Hall–Kier alpha value is -5.05. The van der Waals surface area contributed by atoms with Crippen molar-refractivity contribution in [3.8, 4) is 28.1 Å². The van der Waals surface area contributed by atoms with E-state index in [-0.39, 0.29) is 17.8 Å². The first-order valence-corrected chi connectivity index (χ1v) is 11.5. The van der Waals surface area contributed by atoms with Crippen LogP contribution in [0.3, 0.4) is 0 Å². The molecule has 2 N–H and O–H groups in total. The van der Waals surface area contributed by atoms with Crippen molar-refractivity contribution < 1.29 is 13.5 Å². The van der Waals surface area contributed by atoms with Gasteiger partial charge in [0.25, 0.3) is 0 Å². The zero-order chi connectivity index (χ0) is 25.5. The summed E-state index contributed by atoms with van der Waals surface area (Å²) in [4.78, 5) is 22.1. The van der Waals surface area contributed by atoms with E-state index < -0.39 is 5.82 Å². The molecular formula is C28H20FN5O3. The fourth-order valence-corrected chi connectivity index (χ4v) is 4.49. The molecule has 3 aromatic heterocycles. The second kappa shape index (κ2) is 8.87. The molecule has 0 aliphatic heterocycles. The van der Waals surface area contributed by atoms with Crippen LogP contribution in [-0.2, 0) is 6.54 Å². The summed E-state index contributed by atoms with van der Waals surface area (Å²) < 4.78 is 27.4. The number of aromatic nitrogens is 4. The third-order valence-corrected chi connectivity index (χ3v) is 6.17. The Bertz CT molecular complexity index is 1850. The molecule has 6 aromatic rings. The minimum Gasteiger partial charge on any atom is -0.497 e. The molecule has 0 aliphatic carbocycles. The molecule has 0 saturated heterocycles. The van der Waals surface area contributed by atoms with Crippen molar-refractivity contribution in [2.45, 2.75) is 6.54 Å². The number of hydrogen-bond donors (Lipinski definition) is 1. The maximum atomic E-state index is 14.4. The van der Waals surface area contributed by atoms with Crippen molar-refractivity contribution in [3.63, 3.8) is 0 Å². The standard InChI is InChI=1S/C28H20FN5O3/c1-36-19-12-17(11-18(29)13-19)25-24-27(30)31-15-32-28(24)34(33-25)14-22-23(16-7-3-2-4-8-16)26(35)20-9-5-6-10-21(20)37-22/h2-13,15H,14H2,1H3,(H2,30,31,32). The number of rotatable bonds is 5. The molecular weight excluding hydrogens is 473 g/mol. The van der Waals surface area contributed by atoms with Gasteiger partial charge in [-0.1, -0.05) is 42.5 Å². The van der Waals surface area contributed by atoms with Gasteiger partial charge in [-0.15, -0.1) is 0 Å². The zero-order valence-corrected chi connectivity index (χ0v) is 19.7. The summed E-state index contributed by atoms with van der Waals surface area (Å²) in [5.41, 5.74) is 8.94. The van der Waals surface area contributed by atoms with Gasteiger partial charge in [0, 0.05) is 11.6 Å². The molecule has 0 aliphatic rings. The highest BCUT2D eigenvalue weighted by Gasteiger charge is 2.22. The molecule has 0 radical (unpaired) electrons. The van der Waals surface area contributed by atoms with Crippen molar-refractivity contribution in [2.75, 3.05) is 12.8 Å². The van der Waals surface area contributed by atoms with Crippen LogP contribution < -0.4 is 15.9 Å². The van der Waals surface area contributed by atoms with Crippen molar-refractivity contribution in [1.82, 2.24) is 19.7 Å². The largest absolute Gasteiger partial charge is 0.497 e. The number of ether oxygens (including phenoxy) is 1. The number of nitrogens with two attached hydrogens (primary N) is 1. The van der Waals surface area contributed by atoms with Gasteiger partial charge in [0.05, 0.1) is 23.4 Å². The summed E-state index contributed by atoms with van der Waals surface area (Å²) in [7, 11) is 1.46. The third kappa shape index (κ3) is 3.86. The smallest absolute Gasteiger partial charge is 0.200 e. The third-order valence-electron chi connectivity index (χ3n) is 6.17. The molecule has 8 nitrogen and oxygen atoms in total. The highest BCUT2D eigenvalue weighted by molar-refractivity contribution is 5.98. The van der Waals surface area contributed by atoms with Crippen LogP contribution in [0.15, 0.2) is 88.3 Å². The molecule has 0 unspecified atom stereocenters. The van der Waals surface area contributed by atoms with Crippen LogP contribution in [0.25, 0.3) is 44.4 Å². The summed E-state index contributed by atoms with van der Waals surface area (Å²) >= 11 is 0. The van der Waals surface area contributed by atoms with Gasteiger partial charge in [-0.2, -0.15) is 5.10 Å². The Morgan fingerprint density at radius 1 is 1.00 bits per heavy atom. The van der Waals surface area contributed by atoms with Gasteiger partial charge < -0.3 is 14.9 Å². The summed E-state index contributed by atoms with van der Waals surface area (Å²) in [5, 5.41) is 5.67. The van der Waals surface area contributed by atoms with E-state index >= 15 is 0 Å². The lowest BCUT2D eigenvalue weighted by Crippen LogP contribution is -2.12. The summed E-state index contributed by atoms with van der Waals surface area (Å²) in [5.74, 6) is 0.442. The van der Waals surface area contributed by atoms with Gasteiger partial charge in [0.2, 0.25) is 5.43 Å². The Morgan fingerprint density at radius 3 is 2.59 bits per heavy atom. The summed E-state index contributed by atoms with van der Waals surface area (Å²) in [6.45, 7) is 0.0731. The van der Waals surface area contributed by atoms with E-state index in [1.165, 1.54) is 25.6 Å². The number of methoxy groups -OCH3 is 1. The monoisotopic (exact) mass is 493 g/mol. The van der Waals surface area contributed by atoms with Crippen LogP contribution in [-0.4, -0.2) is 26.9 Å². The maximum Gasteiger partial charge on any atom is 0.200 e. The van der Waals surface area contributed by atoms with Crippen LogP contribution in [0, 0.1) is 5.82 Å². The van der Waals surface area contributed by atoms with E-state index in [2.05, 4.69) is 9.97 Å². The molecule has 3 heterocycles. The molecule has 0 saturated carbocycles. The number of anilines is 1. The fraction of sp³-hybridized carbons (Fsp3) is 0.0714. The van der Waals surface area contributed by atoms with Crippen molar-refractivity contribution in [1.29, 1.82) is 0 Å². The van der Waals surface area contributed by atoms with Crippen LogP contribution in [0.1, 0.15) is 5.76 Å². The van der Waals surface area contributed by atoms with Crippen LogP contribution in [0.4, 0.5) is 10.2 Å². The number of para-hydroxylation sites is 1. The fourth-order valence-electron chi connectivity index (χ4n) is 4.49. The topological polar surface area (TPSA) is 109 Å². The van der Waals surface area contributed by atoms with Crippen LogP contribution >= 0.6 is 0 Å². The first-order valence-electron chi connectivity index (χ1n) is 11.5. The Labute approximate surface area is 209 Å². The van der Waals surface area contributed by atoms with Crippen molar-refractivity contribution in [2.24, 2.45) is 0 Å². The first kappa shape index (κ1) is 22.4. The molecule has 9 heteroatoms. The maximum absolute atomic E-state index is 14.4. The lowest BCUT2D eigenvalue weighted by atomic mass is 10.0. The van der Waals surface area contributed by atoms with E-state index in [4.69, 9.17) is 20.0 Å². The second-order valence-electron chi connectivity index (χ2n) is 8.44. The van der Waals surface area contributed by atoms with Gasteiger partial charge >= 0.3 is 0 Å². The average molecular weight is 493 g/mol. The predicted octanol–water partition coefficient (Wildman–Crippen LogP) is 5.04. The molecule has 6 rings (SSSR count). The minimum absolute atomic E-state index is 0.0731. The summed E-state index contributed by atoms with van der Waals surface area (Å²) in [6, 6.07) is 20.7. The number of halogens is 1. The molecule has 0 fully saturated rings. The van der Waals surface area contributed by atoms with Crippen LogP contribution in [0.2, 0.25) is 0 Å². The minimum atomic E-state index is -0.487. The molecule has 3 aromatic carbocycles. The van der Waals surface area contributed by atoms with E-state index in [9.17, 15) is 9.18 Å². The molecule has 37 heavy (non-hydrogen) atoms. The predicted molar refractivity (Wildman–Crippen MR) is 139 cm³/mol. The van der Waals surface area contributed by atoms with E-state index in [1.807, 2.05) is 36.4 Å². The first-order chi connectivity index (χ1) is 18.0. The highest BCUT2D eigenvalue weighted by Crippen LogP contribution is 2.34. The number of nitrogen functional groups attached to an aromatic ring is 1. The van der Waals surface area contributed by atoms with E-state index in [1.54, 1.807) is 28.9 Å². The molecule has 0 amide bonds. The lowest BCUT2D eigenvalue weighted by Gasteiger charge is -2.11. The van der Waals surface area contributed by atoms with Gasteiger partial charge in [-0.25, -0.2) is 19.0 Å². The van der Waals surface area contributed by atoms with Gasteiger partial charge in [-0.3, -0.25) is 4.79 Å². The van der Waals surface area contributed by atoms with E-state index in [0.717, 1.165) is 5.56 Å². The molecule has 182 valence electrons. The van der Waals surface area contributed by atoms with Gasteiger partial charge in [0.1, 0.15) is 47.3 Å². The Morgan fingerprint density at radius 2 is 1.78 bits per heavy atom. The zero-order valence-electron chi connectivity index (χ0n) is 19.7. The van der Waals surface area contributed by atoms with Crippen LogP contribution in [0.5, 0.6) is 5.75 Å². The Kier molecular flexibility index (Phi) is 5.37.